The van der Waals surface area contributed by atoms with Crippen molar-refractivity contribution in [2.24, 2.45) is 17.2 Å². The number of ether oxygens (including phenoxy) is 4. The third-order valence-electron chi connectivity index (χ3n) is 5.26. The van der Waals surface area contributed by atoms with E-state index in [9.17, 15) is 19.2 Å². The van der Waals surface area contributed by atoms with Crippen molar-refractivity contribution in [1.82, 2.24) is 5.32 Å². The van der Waals surface area contributed by atoms with Crippen molar-refractivity contribution in [3.63, 3.8) is 0 Å². The Hall–Kier alpha value is -4.50. The molecule has 0 saturated heterocycles. The molecule has 244 valence electrons. The molecule has 44 heavy (non-hydrogen) atoms. The molecule has 0 heterocycles. The lowest BCUT2D eigenvalue weighted by atomic mass is 10.1. The number of carbonyl (C=O) groups is 4. The number of carbonyl (C=O) groups excluding carboxylic acids is 5. The summed E-state index contributed by atoms with van der Waals surface area (Å²) < 4.78 is 18.9. The van der Waals surface area contributed by atoms with Crippen LogP contribution in [0.25, 0.3) is 0 Å². The summed E-state index contributed by atoms with van der Waals surface area (Å²) in [7, 11) is 2.59. The van der Waals surface area contributed by atoms with Crippen LogP contribution in [0, 0.1) is 0 Å². The van der Waals surface area contributed by atoms with Gasteiger partial charge in [0.15, 0.2) is 6.23 Å². The van der Waals surface area contributed by atoms with Gasteiger partial charge in [-0.2, -0.15) is 9.59 Å². The van der Waals surface area contributed by atoms with Crippen LogP contribution in [0.3, 0.4) is 0 Å². The lowest BCUT2D eigenvalue weighted by Crippen LogP contribution is -2.40. The predicted molar refractivity (Wildman–Crippen MR) is 156 cm³/mol. The molecule has 4 atom stereocenters. The van der Waals surface area contributed by atoms with Crippen molar-refractivity contribution in [2.45, 2.75) is 50.5 Å². The molecule has 0 amide bonds. The summed E-state index contributed by atoms with van der Waals surface area (Å²) in [5.74, 6) is -1.84. The average molecular weight is 623 g/mol. The zero-order chi connectivity index (χ0) is 33.8. The minimum atomic E-state index is -0.959. The lowest BCUT2D eigenvalue weighted by molar-refractivity contribution is -0.191. The monoisotopic (exact) mass is 622 g/mol. The molecule has 8 N–H and O–H groups in total. The van der Waals surface area contributed by atoms with E-state index < -0.39 is 36.3 Å². The van der Waals surface area contributed by atoms with Crippen molar-refractivity contribution < 1.29 is 52.8 Å². The Kier molecular flexibility index (Phi) is 25.9. The molecule has 0 radical (unpaired) electrons. The van der Waals surface area contributed by atoms with Gasteiger partial charge in [0, 0.05) is 6.42 Å². The zero-order valence-corrected chi connectivity index (χ0v) is 25.0. The summed E-state index contributed by atoms with van der Waals surface area (Å²) in [5, 5.41) is 11.4. The Morgan fingerprint density at radius 1 is 0.841 bits per heavy atom. The van der Waals surface area contributed by atoms with Gasteiger partial charge in [0.05, 0.1) is 27.6 Å². The van der Waals surface area contributed by atoms with Gasteiger partial charge < -0.3 is 41.3 Å². The first-order valence-electron chi connectivity index (χ1n) is 13.1. The third kappa shape index (κ3) is 22.1. The number of aliphatic carboxylic acids is 1. The molecule has 0 aliphatic rings. The SMILES string of the molecule is CCC(N)C(=O)OC.COC(=O)C(N)COCNC(Cc1ccccc1)OC=O.NC(Cc1ccccc1)C(=O)O.O=C=O. The zero-order valence-electron chi connectivity index (χ0n) is 25.0. The number of rotatable bonds is 15. The number of hydrogen-bond acceptors (Lipinski definition) is 14. The molecule has 0 spiro atoms. The summed E-state index contributed by atoms with van der Waals surface area (Å²) in [6.07, 6.45) is 1.26. The highest BCUT2D eigenvalue weighted by molar-refractivity contribution is 5.75. The fraction of sp³-hybridized carbons (Fsp3) is 0.414. The predicted octanol–water partition coefficient (Wildman–Crippen LogP) is -0.254. The minimum Gasteiger partial charge on any atom is -0.480 e. The van der Waals surface area contributed by atoms with Gasteiger partial charge in [-0.15, -0.1) is 0 Å². The molecule has 2 aromatic rings. The van der Waals surface area contributed by atoms with Crippen LogP contribution < -0.4 is 22.5 Å². The van der Waals surface area contributed by atoms with E-state index >= 15 is 0 Å². The van der Waals surface area contributed by atoms with Crippen LogP contribution in [-0.2, 0) is 60.6 Å². The molecule has 4 unspecified atom stereocenters. The Bertz CT molecular complexity index is 1090. The molecular formula is C29H42N4O11. The highest BCUT2D eigenvalue weighted by Crippen LogP contribution is 2.04. The summed E-state index contributed by atoms with van der Waals surface area (Å²) in [6.45, 7) is 2.32. The maximum absolute atomic E-state index is 11.1. The second-order valence-corrected chi connectivity index (χ2v) is 8.52. The van der Waals surface area contributed by atoms with Crippen LogP contribution in [0.15, 0.2) is 60.7 Å². The first kappa shape index (κ1) is 41.6. The minimum absolute atomic E-state index is 0.0127. The van der Waals surface area contributed by atoms with Gasteiger partial charge in [-0.3, -0.25) is 24.5 Å². The number of esters is 2. The Morgan fingerprint density at radius 2 is 1.30 bits per heavy atom. The molecule has 0 saturated carbocycles. The molecule has 0 aromatic heterocycles. The summed E-state index contributed by atoms with van der Waals surface area (Å²) in [6, 6.07) is 16.8. The molecule has 15 heteroatoms. The summed E-state index contributed by atoms with van der Waals surface area (Å²) >= 11 is 0. The molecule has 0 fully saturated rings. The first-order chi connectivity index (χ1) is 21.0. The van der Waals surface area contributed by atoms with Crippen molar-refractivity contribution in [1.29, 1.82) is 0 Å². The van der Waals surface area contributed by atoms with Crippen LogP contribution in [-0.4, -0.2) is 87.5 Å². The largest absolute Gasteiger partial charge is 0.480 e. The standard InChI is InChI=1S/C14H20N2O5.C9H11NO2.C5H11NO2.CO2/c1-19-14(18)12(15)8-20-9-16-13(21-10-17)7-11-5-3-2-4-6-11;10-8(9(11)12)6-7-4-2-1-3-5-7;1-3-4(6)5(7)8-2;2-1-3/h2-6,10,12-13,16H,7-9,15H2,1H3;1-5,8H,6,10H2,(H,11,12);4H,3,6H2,1-2H3;. The van der Waals surface area contributed by atoms with Crippen LogP contribution in [0.2, 0.25) is 0 Å². The van der Waals surface area contributed by atoms with Gasteiger partial charge in [0.1, 0.15) is 18.1 Å². The van der Waals surface area contributed by atoms with E-state index in [1.807, 2.05) is 67.6 Å². The van der Waals surface area contributed by atoms with Gasteiger partial charge in [0.2, 0.25) is 0 Å². The molecule has 15 nitrogen and oxygen atoms in total. The van der Waals surface area contributed by atoms with Gasteiger partial charge in [-0.05, 0) is 24.0 Å². The fourth-order valence-electron chi connectivity index (χ4n) is 2.89. The van der Waals surface area contributed by atoms with E-state index in [4.69, 9.17) is 41.4 Å². The van der Waals surface area contributed by atoms with E-state index in [-0.39, 0.29) is 25.5 Å². The second kappa shape index (κ2) is 27.3. The van der Waals surface area contributed by atoms with Crippen molar-refractivity contribution in [3.05, 3.63) is 71.8 Å². The Balaban J connectivity index is 0. The number of benzene rings is 2. The summed E-state index contributed by atoms with van der Waals surface area (Å²) in [4.78, 5) is 58.6. The van der Waals surface area contributed by atoms with Crippen LogP contribution in [0.4, 0.5) is 0 Å². The average Bonchev–Trinajstić information content (AvgIpc) is 3.03. The first-order valence-corrected chi connectivity index (χ1v) is 13.1. The molecule has 0 aliphatic heterocycles. The lowest BCUT2D eigenvalue weighted by Gasteiger charge is -2.17. The topological polar surface area (TPSA) is 250 Å². The molecule has 2 rings (SSSR count). The number of hydrogen-bond donors (Lipinski definition) is 5. The van der Waals surface area contributed by atoms with E-state index in [0.29, 0.717) is 25.7 Å². The molecule has 0 bridgehead atoms. The smallest absolute Gasteiger partial charge is 0.373 e. The van der Waals surface area contributed by atoms with Gasteiger partial charge in [0.25, 0.3) is 6.47 Å². The third-order valence-corrected chi connectivity index (χ3v) is 5.26. The second-order valence-electron chi connectivity index (χ2n) is 8.52. The number of carboxylic acids is 1. The van der Waals surface area contributed by atoms with Crippen molar-refractivity contribution in [3.8, 4) is 0 Å². The van der Waals surface area contributed by atoms with E-state index in [1.54, 1.807) is 0 Å². The van der Waals surface area contributed by atoms with Crippen LogP contribution in [0.5, 0.6) is 0 Å². The normalized spacial score (nSPS) is 12.2. The molecular weight excluding hydrogens is 580 g/mol. The number of methoxy groups -OCH3 is 2. The fourth-order valence-corrected chi connectivity index (χ4v) is 2.89. The Labute approximate surface area is 255 Å². The maximum Gasteiger partial charge on any atom is 0.373 e. The number of nitrogens with one attached hydrogen (secondary N) is 1. The number of nitrogens with two attached hydrogens (primary N) is 3. The van der Waals surface area contributed by atoms with Gasteiger partial charge in [-0.25, -0.2) is 0 Å². The maximum atomic E-state index is 11.1. The molecule has 0 aliphatic carbocycles. The molecule has 2 aromatic carbocycles. The van der Waals surface area contributed by atoms with Crippen LogP contribution in [0.1, 0.15) is 24.5 Å². The summed E-state index contributed by atoms with van der Waals surface area (Å²) in [5.41, 5.74) is 18.1. The van der Waals surface area contributed by atoms with Crippen molar-refractivity contribution >= 4 is 30.5 Å². The quantitative estimate of drug-likeness (QED) is 0.0564. The highest BCUT2D eigenvalue weighted by atomic mass is 16.6. The van der Waals surface area contributed by atoms with Gasteiger partial charge in [-0.1, -0.05) is 67.6 Å². The van der Waals surface area contributed by atoms with Crippen LogP contribution >= 0.6 is 0 Å². The van der Waals surface area contributed by atoms with E-state index in [2.05, 4.69) is 14.8 Å². The van der Waals surface area contributed by atoms with Gasteiger partial charge >= 0.3 is 24.1 Å². The van der Waals surface area contributed by atoms with E-state index in [1.165, 1.54) is 14.2 Å². The van der Waals surface area contributed by atoms with E-state index in [0.717, 1.165) is 11.1 Å². The number of carboxylic acid groups (broad SMARTS) is 1. The Morgan fingerprint density at radius 3 is 1.68 bits per heavy atom. The van der Waals surface area contributed by atoms with Crippen molar-refractivity contribution in [2.75, 3.05) is 27.6 Å². The highest BCUT2D eigenvalue weighted by Gasteiger charge is 2.15.